The van der Waals surface area contributed by atoms with Crippen molar-refractivity contribution in [1.29, 1.82) is 0 Å². The first kappa shape index (κ1) is 14.1. The van der Waals surface area contributed by atoms with Crippen LogP contribution in [0.25, 0.3) is 10.7 Å². The highest BCUT2D eigenvalue weighted by Crippen LogP contribution is 2.19. The van der Waals surface area contributed by atoms with E-state index < -0.39 is 9.84 Å². The number of rotatable bonds is 4. The lowest BCUT2D eigenvalue weighted by Gasteiger charge is -2.09. The number of aromatic nitrogens is 4. The molecule has 0 bridgehead atoms. The first-order valence-electron chi connectivity index (χ1n) is 6.33. The highest BCUT2D eigenvalue weighted by molar-refractivity contribution is 7.91. The lowest BCUT2D eigenvalue weighted by Crippen LogP contribution is -2.38. The van der Waals surface area contributed by atoms with Crippen LogP contribution in [0.5, 0.6) is 0 Å². The van der Waals surface area contributed by atoms with Gasteiger partial charge >= 0.3 is 0 Å². The summed E-state index contributed by atoms with van der Waals surface area (Å²) in [4.78, 5) is 13.9. The molecule has 0 aromatic carbocycles. The second kappa shape index (κ2) is 5.53. The van der Waals surface area contributed by atoms with Gasteiger partial charge in [-0.3, -0.25) is 4.79 Å². The molecule has 8 nitrogen and oxygen atoms in total. The van der Waals surface area contributed by atoms with E-state index in [2.05, 4.69) is 20.7 Å². The summed E-state index contributed by atoms with van der Waals surface area (Å²) in [6.07, 6.45) is 0.458. The van der Waals surface area contributed by atoms with E-state index in [1.165, 1.54) is 16.1 Å². The van der Waals surface area contributed by atoms with E-state index in [9.17, 15) is 13.2 Å². The summed E-state index contributed by atoms with van der Waals surface area (Å²) in [6, 6.07) is 3.44. The molecule has 21 heavy (non-hydrogen) atoms. The third-order valence-electron chi connectivity index (χ3n) is 3.08. The fraction of sp³-hybridized carbons (Fsp3) is 0.455. The lowest BCUT2D eigenvalue weighted by molar-refractivity contribution is -0.122. The molecule has 0 aliphatic carbocycles. The Hall–Kier alpha value is -1.81. The number of carbonyl (C=O) groups is 1. The molecule has 3 heterocycles. The molecule has 0 radical (unpaired) electrons. The van der Waals surface area contributed by atoms with Crippen LogP contribution in [-0.2, 0) is 21.2 Å². The molecular formula is C11H13N5O3S2. The van der Waals surface area contributed by atoms with Gasteiger partial charge in [-0.05, 0) is 23.1 Å². The minimum Gasteiger partial charge on any atom is -0.351 e. The monoisotopic (exact) mass is 327 g/mol. The van der Waals surface area contributed by atoms with Crippen molar-refractivity contribution >= 4 is 27.1 Å². The molecule has 1 N–H and O–H groups in total. The summed E-state index contributed by atoms with van der Waals surface area (Å²) >= 11 is 1.49. The van der Waals surface area contributed by atoms with Crippen LogP contribution < -0.4 is 5.32 Å². The van der Waals surface area contributed by atoms with E-state index >= 15 is 0 Å². The van der Waals surface area contributed by atoms with Crippen LogP contribution >= 0.6 is 11.3 Å². The number of sulfone groups is 1. The Kier molecular flexibility index (Phi) is 3.72. The quantitative estimate of drug-likeness (QED) is 0.826. The number of hydrogen-bond acceptors (Lipinski definition) is 7. The zero-order chi connectivity index (χ0) is 14.9. The maximum atomic E-state index is 11.8. The summed E-state index contributed by atoms with van der Waals surface area (Å²) in [7, 11) is -3.00. The highest BCUT2D eigenvalue weighted by atomic mass is 32.2. The number of amides is 1. The Morgan fingerprint density at radius 1 is 1.52 bits per heavy atom. The average molecular weight is 327 g/mol. The molecule has 0 saturated carbocycles. The molecule has 1 unspecified atom stereocenters. The van der Waals surface area contributed by atoms with Crippen LogP contribution in [0.2, 0.25) is 0 Å². The Balaban J connectivity index is 1.58. The smallest absolute Gasteiger partial charge is 0.243 e. The lowest BCUT2D eigenvalue weighted by atomic mass is 10.2. The van der Waals surface area contributed by atoms with Crippen molar-refractivity contribution in [3.63, 3.8) is 0 Å². The molecule has 0 spiro atoms. The normalized spacial score (nSPS) is 20.5. The number of nitrogens with one attached hydrogen (secondary N) is 1. The van der Waals surface area contributed by atoms with Gasteiger partial charge in [0.1, 0.15) is 6.54 Å². The van der Waals surface area contributed by atoms with Crippen molar-refractivity contribution in [2.75, 3.05) is 11.5 Å². The zero-order valence-electron chi connectivity index (χ0n) is 11.0. The van der Waals surface area contributed by atoms with E-state index in [-0.39, 0.29) is 30.0 Å². The van der Waals surface area contributed by atoms with E-state index in [0.717, 1.165) is 4.88 Å². The second-order valence-corrected chi connectivity index (χ2v) is 7.96. The van der Waals surface area contributed by atoms with Gasteiger partial charge in [0.15, 0.2) is 9.84 Å². The minimum atomic E-state index is -3.00. The molecule has 3 rings (SSSR count). The van der Waals surface area contributed by atoms with Crippen LogP contribution in [0.3, 0.4) is 0 Å². The van der Waals surface area contributed by atoms with Gasteiger partial charge in [-0.15, -0.1) is 21.5 Å². The van der Waals surface area contributed by atoms with Gasteiger partial charge in [0.05, 0.1) is 16.4 Å². The number of carbonyl (C=O) groups excluding carboxylic acids is 1. The molecule has 2 aromatic heterocycles. The van der Waals surface area contributed by atoms with Gasteiger partial charge in [-0.2, -0.15) is 4.80 Å². The molecular weight excluding hydrogens is 314 g/mol. The maximum absolute atomic E-state index is 11.8. The summed E-state index contributed by atoms with van der Waals surface area (Å²) in [5.41, 5.74) is 0. The van der Waals surface area contributed by atoms with E-state index in [1.54, 1.807) is 0 Å². The predicted molar refractivity (Wildman–Crippen MR) is 76.3 cm³/mol. The fourth-order valence-corrected chi connectivity index (χ4v) is 4.45. The van der Waals surface area contributed by atoms with E-state index in [0.29, 0.717) is 12.2 Å². The van der Waals surface area contributed by atoms with Gasteiger partial charge < -0.3 is 5.32 Å². The van der Waals surface area contributed by atoms with Crippen LogP contribution in [0.15, 0.2) is 17.5 Å². The van der Waals surface area contributed by atoms with Gasteiger partial charge in [-0.25, -0.2) is 8.42 Å². The zero-order valence-corrected chi connectivity index (χ0v) is 12.6. The van der Waals surface area contributed by atoms with Gasteiger partial charge in [0.25, 0.3) is 0 Å². The number of nitrogens with zero attached hydrogens (tertiary/aromatic N) is 4. The summed E-state index contributed by atoms with van der Waals surface area (Å²) < 4.78 is 22.7. The van der Waals surface area contributed by atoms with Gasteiger partial charge in [0, 0.05) is 6.04 Å². The molecule has 1 aliphatic rings. The van der Waals surface area contributed by atoms with Crippen LogP contribution in [0.1, 0.15) is 6.42 Å². The molecule has 1 atom stereocenters. The molecule has 1 amide bonds. The van der Waals surface area contributed by atoms with Crippen molar-refractivity contribution < 1.29 is 13.2 Å². The second-order valence-electron chi connectivity index (χ2n) is 4.79. The van der Waals surface area contributed by atoms with Crippen molar-refractivity contribution in [2.45, 2.75) is 19.0 Å². The standard InChI is InChI=1S/C11H13N5O3S2/c17-10(12-8-3-5-21(18,19)7-8)6-16-14-11(13-15-16)9-2-1-4-20-9/h1-2,4,8H,3,5-7H2,(H,12,17). The van der Waals surface area contributed by atoms with Crippen molar-refractivity contribution in [1.82, 2.24) is 25.5 Å². The molecule has 1 saturated heterocycles. The minimum absolute atomic E-state index is 0.00394. The van der Waals surface area contributed by atoms with Crippen molar-refractivity contribution in [3.05, 3.63) is 17.5 Å². The first-order chi connectivity index (χ1) is 10.0. The topological polar surface area (TPSA) is 107 Å². The summed E-state index contributed by atoms with van der Waals surface area (Å²) in [6.45, 7) is -0.0745. The van der Waals surface area contributed by atoms with Crippen LogP contribution in [-0.4, -0.2) is 52.1 Å². The molecule has 10 heteroatoms. The van der Waals surface area contributed by atoms with Gasteiger partial charge in [-0.1, -0.05) is 6.07 Å². The molecule has 112 valence electrons. The molecule has 1 fully saturated rings. The number of hydrogen-bond donors (Lipinski definition) is 1. The predicted octanol–water partition coefficient (Wildman–Crippen LogP) is -0.295. The Labute approximate surface area is 125 Å². The van der Waals surface area contributed by atoms with Crippen LogP contribution in [0.4, 0.5) is 0 Å². The average Bonchev–Trinajstić information content (AvgIpc) is 3.09. The third-order valence-corrected chi connectivity index (χ3v) is 5.71. The Bertz CT molecular complexity index is 738. The Morgan fingerprint density at radius 3 is 3.05 bits per heavy atom. The number of thiophene rings is 1. The largest absolute Gasteiger partial charge is 0.351 e. The van der Waals surface area contributed by atoms with Gasteiger partial charge in [0.2, 0.25) is 11.7 Å². The SMILES string of the molecule is O=C(Cn1nnc(-c2cccs2)n1)NC1CCS(=O)(=O)C1. The van der Waals surface area contributed by atoms with E-state index in [4.69, 9.17) is 0 Å². The highest BCUT2D eigenvalue weighted by Gasteiger charge is 2.29. The molecule has 1 aliphatic heterocycles. The summed E-state index contributed by atoms with van der Waals surface area (Å²) in [5.74, 6) is 0.292. The molecule has 2 aromatic rings. The van der Waals surface area contributed by atoms with E-state index in [1.807, 2.05) is 17.5 Å². The Morgan fingerprint density at radius 2 is 2.38 bits per heavy atom. The third kappa shape index (κ3) is 3.45. The number of tetrazole rings is 1. The van der Waals surface area contributed by atoms with Crippen molar-refractivity contribution in [2.24, 2.45) is 0 Å². The van der Waals surface area contributed by atoms with Crippen molar-refractivity contribution in [3.8, 4) is 10.7 Å². The first-order valence-corrected chi connectivity index (χ1v) is 9.03. The van der Waals surface area contributed by atoms with Crippen LogP contribution in [0, 0.1) is 0 Å². The summed E-state index contributed by atoms with van der Waals surface area (Å²) in [5, 5.41) is 16.4. The maximum Gasteiger partial charge on any atom is 0.243 e. The fourth-order valence-electron chi connectivity index (χ4n) is 2.13.